The predicted molar refractivity (Wildman–Crippen MR) is 106 cm³/mol. The first-order valence-corrected chi connectivity index (χ1v) is 8.92. The largest absolute Gasteiger partial charge is 0.332 e. The standard InChI is InChI=1S/C18H17ClN6O3/c1-10-8-24-14-15(22(2)18(28)23(3)16(14)27)20-17(24)25(21-10)9-13(26)11-4-6-12(19)7-5-11/h4-7H,8-9H2,1-3H3. The fraction of sp³-hybridized carbons (Fsp3) is 0.278. The van der Waals surface area contributed by atoms with E-state index < -0.39 is 11.2 Å². The Balaban J connectivity index is 1.83. The SMILES string of the molecule is CC1=NN(CC(=O)c2ccc(Cl)cc2)c2nc3c(c(=O)n(C)c(=O)n3C)n2C1. The second-order valence-electron chi connectivity index (χ2n) is 6.70. The average molecular weight is 401 g/mol. The highest BCUT2D eigenvalue weighted by molar-refractivity contribution is 6.30. The number of aromatic nitrogens is 4. The van der Waals surface area contributed by atoms with Crippen LogP contribution < -0.4 is 16.3 Å². The summed E-state index contributed by atoms with van der Waals surface area (Å²) in [4.78, 5) is 42.0. The molecule has 0 atom stereocenters. The smallest absolute Gasteiger partial charge is 0.297 e. The van der Waals surface area contributed by atoms with Gasteiger partial charge < -0.3 is 0 Å². The van der Waals surface area contributed by atoms with E-state index >= 15 is 0 Å². The summed E-state index contributed by atoms with van der Waals surface area (Å²) in [6.07, 6.45) is 0. The molecular weight excluding hydrogens is 384 g/mol. The zero-order valence-corrected chi connectivity index (χ0v) is 16.3. The van der Waals surface area contributed by atoms with Crippen LogP contribution in [-0.2, 0) is 20.6 Å². The van der Waals surface area contributed by atoms with E-state index in [1.54, 1.807) is 42.8 Å². The van der Waals surface area contributed by atoms with Crippen LogP contribution in [0.5, 0.6) is 0 Å². The van der Waals surface area contributed by atoms with Gasteiger partial charge in [0.2, 0.25) is 5.95 Å². The van der Waals surface area contributed by atoms with Crippen LogP contribution in [0, 0.1) is 0 Å². The molecule has 1 aliphatic rings. The first-order chi connectivity index (χ1) is 13.3. The zero-order chi connectivity index (χ0) is 20.2. The normalized spacial score (nSPS) is 13.6. The molecule has 144 valence electrons. The van der Waals surface area contributed by atoms with Gasteiger partial charge in [-0.25, -0.2) is 9.80 Å². The molecule has 0 amide bonds. The van der Waals surface area contributed by atoms with Gasteiger partial charge in [-0.2, -0.15) is 10.1 Å². The van der Waals surface area contributed by atoms with Gasteiger partial charge in [0.1, 0.15) is 6.54 Å². The fourth-order valence-corrected chi connectivity index (χ4v) is 3.39. The Kier molecular flexibility index (Phi) is 4.19. The van der Waals surface area contributed by atoms with Crippen molar-refractivity contribution in [1.29, 1.82) is 0 Å². The molecule has 0 N–H and O–H groups in total. The maximum absolute atomic E-state index is 12.7. The maximum atomic E-state index is 12.7. The van der Waals surface area contributed by atoms with E-state index in [1.807, 2.05) is 0 Å². The van der Waals surface area contributed by atoms with Crippen molar-refractivity contribution in [2.75, 3.05) is 11.6 Å². The van der Waals surface area contributed by atoms with Crippen molar-refractivity contribution in [2.24, 2.45) is 19.2 Å². The van der Waals surface area contributed by atoms with E-state index in [0.717, 1.165) is 4.57 Å². The van der Waals surface area contributed by atoms with Gasteiger partial charge in [0.25, 0.3) is 5.56 Å². The summed E-state index contributed by atoms with van der Waals surface area (Å²) < 4.78 is 4.05. The van der Waals surface area contributed by atoms with Crippen LogP contribution >= 0.6 is 11.6 Å². The van der Waals surface area contributed by atoms with Crippen LogP contribution in [-0.4, -0.2) is 36.7 Å². The van der Waals surface area contributed by atoms with Gasteiger partial charge in [0.15, 0.2) is 16.9 Å². The number of nitrogens with zero attached hydrogens (tertiary/aromatic N) is 6. The summed E-state index contributed by atoms with van der Waals surface area (Å²) in [5, 5.41) is 6.43. The lowest BCUT2D eigenvalue weighted by Crippen LogP contribution is -2.38. The molecule has 0 bridgehead atoms. The van der Waals surface area contributed by atoms with E-state index in [0.29, 0.717) is 34.3 Å². The molecule has 0 radical (unpaired) electrons. The Labute approximate surface area is 164 Å². The number of carbonyl (C=O) groups is 1. The van der Waals surface area contributed by atoms with Crippen molar-refractivity contribution in [3.63, 3.8) is 0 Å². The van der Waals surface area contributed by atoms with Gasteiger partial charge in [-0.1, -0.05) is 11.6 Å². The lowest BCUT2D eigenvalue weighted by molar-refractivity contribution is 0.0998. The molecule has 0 aliphatic carbocycles. The summed E-state index contributed by atoms with van der Waals surface area (Å²) in [7, 11) is 2.98. The monoisotopic (exact) mass is 400 g/mol. The summed E-state index contributed by atoms with van der Waals surface area (Å²) in [6, 6.07) is 6.59. The predicted octanol–water partition coefficient (Wildman–Crippen LogP) is 1.17. The van der Waals surface area contributed by atoms with Gasteiger partial charge in [0, 0.05) is 24.7 Å². The van der Waals surface area contributed by atoms with Crippen molar-refractivity contribution >= 4 is 40.2 Å². The van der Waals surface area contributed by atoms with E-state index in [9.17, 15) is 14.4 Å². The Bertz CT molecular complexity index is 1270. The molecule has 3 heterocycles. The third kappa shape index (κ3) is 2.75. The molecule has 0 unspecified atom stereocenters. The minimum atomic E-state index is -0.464. The third-order valence-corrected chi connectivity index (χ3v) is 4.95. The number of Topliss-reactive ketones (excluding diaryl/α,β-unsaturated/α-hetero) is 1. The fourth-order valence-electron chi connectivity index (χ4n) is 3.26. The number of rotatable bonds is 3. The molecule has 10 heteroatoms. The van der Waals surface area contributed by atoms with Crippen molar-refractivity contribution in [3.05, 3.63) is 55.7 Å². The number of ketones is 1. The molecule has 28 heavy (non-hydrogen) atoms. The van der Waals surface area contributed by atoms with Crippen molar-refractivity contribution in [1.82, 2.24) is 18.7 Å². The maximum Gasteiger partial charge on any atom is 0.332 e. The molecule has 0 saturated carbocycles. The summed E-state index contributed by atoms with van der Waals surface area (Å²) in [6.45, 7) is 2.10. The van der Waals surface area contributed by atoms with E-state index in [1.165, 1.54) is 16.6 Å². The van der Waals surface area contributed by atoms with Gasteiger partial charge >= 0.3 is 5.69 Å². The number of hydrogen-bond acceptors (Lipinski definition) is 6. The summed E-state index contributed by atoms with van der Waals surface area (Å²) >= 11 is 5.88. The minimum Gasteiger partial charge on any atom is -0.297 e. The second kappa shape index (κ2) is 6.45. The molecule has 0 fully saturated rings. The first kappa shape index (κ1) is 18.2. The average Bonchev–Trinajstić information content (AvgIpc) is 3.04. The first-order valence-electron chi connectivity index (χ1n) is 8.54. The highest BCUT2D eigenvalue weighted by Crippen LogP contribution is 2.24. The highest BCUT2D eigenvalue weighted by Gasteiger charge is 2.27. The lowest BCUT2D eigenvalue weighted by atomic mass is 10.1. The summed E-state index contributed by atoms with van der Waals surface area (Å²) in [5.74, 6) is 0.178. The molecule has 0 saturated heterocycles. The van der Waals surface area contributed by atoms with Crippen LogP contribution in [0.25, 0.3) is 11.2 Å². The van der Waals surface area contributed by atoms with E-state index in [2.05, 4.69) is 10.1 Å². The van der Waals surface area contributed by atoms with Crippen LogP contribution in [0.1, 0.15) is 17.3 Å². The molecule has 0 spiro atoms. The van der Waals surface area contributed by atoms with Crippen LogP contribution in [0.3, 0.4) is 0 Å². The number of benzene rings is 1. The molecule has 2 aromatic heterocycles. The van der Waals surface area contributed by atoms with Crippen molar-refractivity contribution in [2.45, 2.75) is 13.5 Å². The number of anilines is 1. The van der Waals surface area contributed by atoms with E-state index in [4.69, 9.17) is 11.6 Å². The number of halogens is 1. The van der Waals surface area contributed by atoms with Crippen LogP contribution in [0.2, 0.25) is 5.02 Å². The highest BCUT2D eigenvalue weighted by atomic mass is 35.5. The Morgan fingerprint density at radius 1 is 1.14 bits per heavy atom. The minimum absolute atomic E-state index is 0.0590. The van der Waals surface area contributed by atoms with Crippen molar-refractivity contribution < 1.29 is 4.79 Å². The Morgan fingerprint density at radius 3 is 2.50 bits per heavy atom. The third-order valence-electron chi connectivity index (χ3n) is 4.70. The molecule has 1 aromatic carbocycles. The molecule has 4 rings (SSSR count). The quantitative estimate of drug-likeness (QED) is 0.615. The van der Waals surface area contributed by atoms with E-state index in [-0.39, 0.29) is 18.0 Å². The lowest BCUT2D eigenvalue weighted by Gasteiger charge is -2.24. The van der Waals surface area contributed by atoms with Crippen LogP contribution in [0.4, 0.5) is 5.95 Å². The summed E-state index contributed by atoms with van der Waals surface area (Å²) in [5.41, 5.74) is 0.875. The van der Waals surface area contributed by atoms with Crippen LogP contribution in [0.15, 0.2) is 39.0 Å². The number of carbonyl (C=O) groups excluding carboxylic acids is 1. The molecular formula is C18H17ClN6O3. The molecule has 3 aromatic rings. The number of imidazole rings is 1. The zero-order valence-electron chi connectivity index (χ0n) is 15.5. The molecule has 1 aliphatic heterocycles. The number of hydrazone groups is 1. The number of fused-ring (bicyclic) bond motifs is 3. The van der Waals surface area contributed by atoms with Gasteiger partial charge in [-0.15, -0.1) is 0 Å². The van der Waals surface area contributed by atoms with Gasteiger partial charge in [-0.3, -0.25) is 23.3 Å². The Morgan fingerprint density at radius 2 is 1.82 bits per heavy atom. The molecule has 9 nitrogen and oxygen atoms in total. The van der Waals surface area contributed by atoms with Gasteiger partial charge in [0.05, 0.1) is 12.3 Å². The number of hydrogen-bond donors (Lipinski definition) is 0. The van der Waals surface area contributed by atoms with Crippen molar-refractivity contribution in [3.8, 4) is 0 Å². The number of aryl methyl sites for hydroxylation is 1. The van der Waals surface area contributed by atoms with Gasteiger partial charge in [-0.05, 0) is 31.2 Å². The topological polar surface area (TPSA) is 94.5 Å². The second-order valence-corrected chi connectivity index (χ2v) is 7.14. The Hall–Kier alpha value is -3.20.